The van der Waals surface area contributed by atoms with E-state index in [-0.39, 0.29) is 23.1 Å². The van der Waals surface area contributed by atoms with Gasteiger partial charge in [0.2, 0.25) is 5.91 Å². The molecule has 0 bridgehead atoms. The Labute approximate surface area is 210 Å². The lowest BCUT2D eigenvalue weighted by Crippen LogP contribution is -2.37. The number of ether oxygens (including phenoxy) is 1. The summed E-state index contributed by atoms with van der Waals surface area (Å²) in [6, 6.07) is 17.7. The van der Waals surface area contributed by atoms with E-state index in [2.05, 4.69) is 29.3 Å². The van der Waals surface area contributed by atoms with E-state index in [9.17, 15) is 9.59 Å². The van der Waals surface area contributed by atoms with Gasteiger partial charge in [-0.25, -0.2) is 4.98 Å². The molecule has 0 saturated carbocycles. The van der Waals surface area contributed by atoms with Crippen molar-refractivity contribution in [1.29, 1.82) is 0 Å². The molecule has 7 nitrogen and oxygen atoms in total. The first kappa shape index (κ1) is 25.4. The number of nitrogens with one attached hydrogen (secondary N) is 1. The maximum atomic E-state index is 13.3. The van der Waals surface area contributed by atoms with Crippen LogP contribution in [0.25, 0.3) is 10.9 Å². The van der Waals surface area contributed by atoms with Crippen LogP contribution in [0.3, 0.4) is 0 Å². The number of aromatic nitrogens is 2. The quantitative estimate of drug-likeness (QED) is 0.325. The van der Waals surface area contributed by atoms with Gasteiger partial charge < -0.3 is 10.1 Å². The Morgan fingerprint density at radius 2 is 1.83 bits per heavy atom. The van der Waals surface area contributed by atoms with Gasteiger partial charge in [-0.1, -0.05) is 61.2 Å². The largest absolute Gasteiger partial charge is 0.379 e. The predicted molar refractivity (Wildman–Crippen MR) is 141 cm³/mol. The fraction of sp³-hybridized carbons (Fsp3) is 0.444. The van der Waals surface area contributed by atoms with Crippen molar-refractivity contribution in [2.24, 2.45) is 0 Å². The zero-order valence-corrected chi connectivity index (χ0v) is 21.1. The molecule has 1 saturated heterocycles. The van der Waals surface area contributed by atoms with Gasteiger partial charge in [0.05, 0.1) is 29.9 Å². The summed E-state index contributed by atoms with van der Waals surface area (Å²) in [6.45, 7) is 7.58. The van der Waals surface area contributed by atoms with Gasteiger partial charge in [0.25, 0.3) is 5.56 Å². The number of rotatable bonds is 11. The maximum Gasteiger partial charge on any atom is 0.262 e. The van der Waals surface area contributed by atoms with Crippen LogP contribution in [0.1, 0.15) is 31.2 Å². The summed E-state index contributed by atoms with van der Waals surface area (Å²) >= 11 is 1.33. The second kappa shape index (κ2) is 12.9. The van der Waals surface area contributed by atoms with Crippen molar-refractivity contribution in [2.45, 2.75) is 37.4 Å². The minimum absolute atomic E-state index is 0.0457. The fourth-order valence-corrected chi connectivity index (χ4v) is 5.23. The van der Waals surface area contributed by atoms with E-state index in [0.717, 1.165) is 45.7 Å². The zero-order chi connectivity index (χ0) is 24.5. The zero-order valence-electron chi connectivity index (χ0n) is 20.3. The molecule has 35 heavy (non-hydrogen) atoms. The van der Waals surface area contributed by atoms with Crippen LogP contribution < -0.4 is 10.9 Å². The number of nitrogens with zero attached hydrogens (tertiary/aromatic N) is 3. The number of fused-ring (bicyclic) bond motifs is 1. The number of benzene rings is 2. The Kier molecular flexibility index (Phi) is 9.34. The molecule has 1 N–H and O–H groups in total. The van der Waals surface area contributed by atoms with Gasteiger partial charge in [-0.2, -0.15) is 0 Å². The van der Waals surface area contributed by atoms with Gasteiger partial charge in [0, 0.05) is 38.6 Å². The van der Waals surface area contributed by atoms with E-state index < -0.39 is 0 Å². The van der Waals surface area contributed by atoms with Gasteiger partial charge >= 0.3 is 0 Å². The number of carbonyl (C=O) groups is 1. The molecule has 0 spiro atoms. The lowest BCUT2D eigenvalue weighted by Gasteiger charge is -2.26. The highest BCUT2D eigenvalue weighted by molar-refractivity contribution is 7.99. The van der Waals surface area contributed by atoms with Crippen LogP contribution in [0.15, 0.2) is 64.5 Å². The van der Waals surface area contributed by atoms with E-state index >= 15 is 0 Å². The van der Waals surface area contributed by atoms with Gasteiger partial charge in [-0.05, 0) is 30.5 Å². The van der Waals surface area contributed by atoms with Crippen molar-refractivity contribution >= 4 is 28.6 Å². The number of amides is 1. The van der Waals surface area contributed by atoms with E-state index in [0.29, 0.717) is 29.1 Å². The lowest BCUT2D eigenvalue weighted by atomic mass is 9.96. The second-order valence-electron chi connectivity index (χ2n) is 8.78. The van der Waals surface area contributed by atoms with Crippen molar-refractivity contribution in [3.8, 4) is 0 Å². The normalized spacial score (nSPS) is 15.2. The first-order valence-corrected chi connectivity index (χ1v) is 13.4. The molecule has 0 aliphatic carbocycles. The summed E-state index contributed by atoms with van der Waals surface area (Å²) in [5.41, 5.74) is 1.85. The van der Waals surface area contributed by atoms with Crippen molar-refractivity contribution in [3.63, 3.8) is 0 Å². The Morgan fingerprint density at radius 1 is 1.09 bits per heavy atom. The highest BCUT2D eigenvalue weighted by Gasteiger charge is 2.16. The third kappa shape index (κ3) is 6.93. The Bertz CT molecular complexity index is 1160. The van der Waals surface area contributed by atoms with Crippen LogP contribution in [-0.2, 0) is 16.1 Å². The first-order chi connectivity index (χ1) is 17.2. The molecule has 1 aromatic heterocycles. The van der Waals surface area contributed by atoms with Crippen molar-refractivity contribution in [1.82, 2.24) is 19.8 Å². The molecule has 1 aliphatic rings. The molecule has 186 valence electrons. The summed E-state index contributed by atoms with van der Waals surface area (Å²) in [6.07, 6.45) is 1.79. The van der Waals surface area contributed by atoms with Crippen LogP contribution in [0.4, 0.5) is 0 Å². The van der Waals surface area contributed by atoms with Crippen LogP contribution in [0.2, 0.25) is 0 Å². The molecular formula is C27H34N4O3S. The minimum Gasteiger partial charge on any atom is -0.379 e. The lowest BCUT2D eigenvalue weighted by molar-refractivity contribution is -0.118. The molecule has 1 amide bonds. The van der Waals surface area contributed by atoms with Gasteiger partial charge in [0.1, 0.15) is 0 Å². The molecule has 0 radical (unpaired) electrons. The third-order valence-electron chi connectivity index (χ3n) is 6.43. The predicted octanol–water partition coefficient (Wildman–Crippen LogP) is 3.52. The molecule has 4 rings (SSSR count). The molecule has 1 unspecified atom stereocenters. The standard InChI is InChI=1S/C27H34N4O3S/c1-2-21(22-9-4-3-5-10-22)19-28-25(32)20-35-27-29-24-12-7-6-11-23(24)26(33)31(27)14-8-13-30-15-17-34-18-16-30/h3-7,9-12,21H,2,8,13-20H2,1H3,(H,28,32). The van der Waals surface area contributed by atoms with Crippen LogP contribution in [-0.4, -0.2) is 65.5 Å². The van der Waals surface area contributed by atoms with Crippen molar-refractivity contribution in [3.05, 3.63) is 70.5 Å². The number of para-hydroxylation sites is 1. The summed E-state index contributed by atoms with van der Waals surface area (Å²) in [7, 11) is 0. The molecule has 1 aliphatic heterocycles. The van der Waals surface area contributed by atoms with E-state index in [4.69, 9.17) is 9.72 Å². The highest BCUT2D eigenvalue weighted by Crippen LogP contribution is 2.20. The Hall–Kier alpha value is -2.68. The summed E-state index contributed by atoms with van der Waals surface area (Å²) < 4.78 is 7.16. The number of hydrogen-bond acceptors (Lipinski definition) is 6. The summed E-state index contributed by atoms with van der Waals surface area (Å²) in [4.78, 5) is 33.1. The smallest absolute Gasteiger partial charge is 0.262 e. The van der Waals surface area contributed by atoms with Crippen LogP contribution >= 0.6 is 11.8 Å². The first-order valence-electron chi connectivity index (χ1n) is 12.4. The molecule has 3 aromatic rings. The second-order valence-corrected chi connectivity index (χ2v) is 9.73. The SMILES string of the molecule is CCC(CNC(=O)CSc1nc2ccccc2c(=O)n1CCCN1CCOCC1)c1ccccc1. The average molecular weight is 495 g/mol. The molecule has 1 atom stereocenters. The topological polar surface area (TPSA) is 76.5 Å². The van der Waals surface area contributed by atoms with E-state index in [1.54, 1.807) is 4.57 Å². The molecule has 2 aromatic carbocycles. The van der Waals surface area contributed by atoms with Crippen molar-refractivity contribution in [2.75, 3.05) is 45.1 Å². The Balaban J connectivity index is 1.40. The Morgan fingerprint density at radius 3 is 2.60 bits per heavy atom. The number of morpholine rings is 1. The fourth-order valence-electron chi connectivity index (χ4n) is 4.37. The van der Waals surface area contributed by atoms with Crippen molar-refractivity contribution < 1.29 is 9.53 Å². The molecular weight excluding hydrogens is 460 g/mol. The molecule has 1 fully saturated rings. The molecule has 8 heteroatoms. The highest BCUT2D eigenvalue weighted by atomic mass is 32.2. The van der Waals surface area contributed by atoms with Gasteiger partial charge in [-0.3, -0.25) is 19.1 Å². The number of hydrogen-bond donors (Lipinski definition) is 1. The number of thioether (sulfide) groups is 1. The summed E-state index contributed by atoms with van der Waals surface area (Å²) in [5.74, 6) is 0.452. The van der Waals surface area contributed by atoms with E-state index in [1.165, 1.54) is 17.3 Å². The average Bonchev–Trinajstić information content (AvgIpc) is 2.90. The van der Waals surface area contributed by atoms with Gasteiger partial charge in [-0.15, -0.1) is 0 Å². The van der Waals surface area contributed by atoms with Crippen LogP contribution in [0, 0.1) is 0 Å². The minimum atomic E-state index is -0.0494. The van der Waals surface area contributed by atoms with Gasteiger partial charge in [0.15, 0.2) is 5.16 Å². The third-order valence-corrected chi connectivity index (χ3v) is 7.40. The monoisotopic (exact) mass is 494 g/mol. The number of carbonyl (C=O) groups excluding carboxylic acids is 1. The molecule has 2 heterocycles. The summed E-state index contributed by atoms with van der Waals surface area (Å²) in [5, 5.41) is 4.28. The maximum absolute atomic E-state index is 13.3. The van der Waals surface area contributed by atoms with E-state index in [1.807, 2.05) is 42.5 Å². The van der Waals surface area contributed by atoms with Crippen LogP contribution in [0.5, 0.6) is 0 Å².